The number of carbonyl (C=O) groups is 1. The van der Waals surface area contributed by atoms with Crippen molar-refractivity contribution in [2.24, 2.45) is 0 Å². The fourth-order valence-electron chi connectivity index (χ4n) is 3.51. The molecule has 8 heteroatoms. The van der Waals surface area contributed by atoms with Crippen molar-refractivity contribution in [1.29, 1.82) is 0 Å². The van der Waals surface area contributed by atoms with Gasteiger partial charge in [-0.1, -0.05) is 37.3 Å². The Bertz CT molecular complexity index is 1210. The van der Waals surface area contributed by atoms with Gasteiger partial charge in [0, 0.05) is 25.3 Å². The van der Waals surface area contributed by atoms with Crippen molar-refractivity contribution < 1.29 is 14.3 Å². The summed E-state index contributed by atoms with van der Waals surface area (Å²) in [5.41, 5.74) is 8.53. The maximum Gasteiger partial charge on any atom is 0.241 e. The molecule has 0 unspecified atom stereocenters. The first kappa shape index (κ1) is 21.3. The number of anilines is 1. The van der Waals surface area contributed by atoms with Gasteiger partial charge in [0.15, 0.2) is 5.65 Å². The summed E-state index contributed by atoms with van der Waals surface area (Å²) in [5.74, 6) is 1.79. The minimum Gasteiger partial charge on any atom is -0.457 e. The second-order valence-corrected chi connectivity index (χ2v) is 7.15. The number of methoxy groups -OCH3 is 1. The summed E-state index contributed by atoms with van der Waals surface area (Å²) >= 11 is 0. The van der Waals surface area contributed by atoms with Crippen LogP contribution in [0, 0.1) is 0 Å². The van der Waals surface area contributed by atoms with Crippen LogP contribution in [-0.2, 0) is 9.53 Å². The number of nitrogen functional groups attached to an aromatic ring is 1. The van der Waals surface area contributed by atoms with Gasteiger partial charge in [0.25, 0.3) is 0 Å². The number of fused-ring (bicyclic) bond motifs is 1. The maximum absolute atomic E-state index is 12.7. The minimum absolute atomic E-state index is 0.0470. The number of rotatable bonds is 8. The molecule has 164 valence electrons. The number of benzene rings is 2. The van der Waals surface area contributed by atoms with Gasteiger partial charge in [-0.05, 0) is 29.8 Å². The summed E-state index contributed by atoms with van der Waals surface area (Å²) in [7, 11) is 1.60. The fraction of sp³-hybridized carbons (Fsp3) is 0.208. The van der Waals surface area contributed by atoms with Crippen LogP contribution < -0.4 is 15.5 Å². The third kappa shape index (κ3) is 4.26. The average molecular weight is 431 g/mol. The van der Waals surface area contributed by atoms with E-state index in [4.69, 9.17) is 15.2 Å². The molecule has 2 heterocycles. The number of nitrogens with two attached hydrogens (primary N) is 1. The topological polar surface area (TPSA) is 95.5 Å². The van der Waals surface area contributed by atoms with Crippen molar-refractivity contribution in [3.05, 3.63) is 67.1 Å². The summed E-state index contributed by atoms with van der Waals surface area (Å²) < 4.78 is 12.8. The second kappa shape index (κ2) is 9.49. The van der Waals surface area contributed by atoms with Crippen molar-refractivity contribution in [3.63, 3.8) is 0 Å². The van der Waals surface area contributed by atoms with Gasteiger partial charge in [-0.3, -0.25) is 4.79 Å². The third-order valence-electron chi connectivity index (χ3n) is 5.10. The predicted molar refractivity (Wildman–Crippen MR) is 124 cm³/mol. The standard InChI is InChI=1S/C24H25N5O3/c1-3-21(30)28(13-14-31-2)29-15-20(22-23(25)26-16-27-24(22)29)17-9-11-19(12-10-17)32-18-7-5-4-6-8-18/h4-12,15-16H,3,13-14H2,1-2H3,(H2,25,26,27). The normalized spacial score (nSPS) is 10.9. The first-order chi connectivity index (χ1) is 15.6. The van der Waals surface area contributed by atoms with E-state index in [9.17, 15) is 4.79 Å². The molecule has 2 aromatic heterocycles. The fourth-order valence-corrected chi connectivity index (χ4v) is 3.51. The Kier molecular flexibility index (Phi) is 6.32. The first-order valence-corrected chi connectivity index (χ1v) is 10.4. The predicted octanol–water partition coefficient (Wildman–Crippen LogP) is 3.99. The molecule has 8 nitrogen and oxygen atoms in total. The molecule has 32 heavy (non-hydrogen) atoms. The van der Waals surface area contributed by atoms with E-state index in [2.05, 4.69) is 9.97 Å². The molecule has 0 spiro atoms. The van der Waals surface area contributed by atoms with E-state index in [1.165, 1.54) is 6.33 Å². The minimum atomic E-state index is -0.0470. The Morgan fingerprint density at radius 3 is 2.47 bits per heavy atom. The Morgan fingerprint density at radius 2 is 1.78 bits per heavy atom. The van der Waals surface area contributed by atoms with Crippen LogP contribution in [0.2, 0.25) is 0 Å². The molecule has 0 saturated heterocycles. The highest BCUT2D eigenvalue weighted by Gasteiger charge is 2.21. The lowest BCUT2D eigenvalue weighted by molar-refractivity contribution is -0.120. The quantitative estimate of drug-likeness (QED) is 0.453. The monoisotopic (exact) mass is 431 g/mol. The van der Waals surface area contributed by atoms with Gasteiger partial charge in [0.2, 0.25) is 5.91 Å². The molecule has 0 radical (unpaired) electrons. The Morgan fingerprint density at radius 1 is 1.06 bits per heavy atom. The van der Waals surface area contributed by atoms with Crippen LogP contribution in [0.1, 0.15) is 13.3 Å². The van der Waals surface area contributed by atoms with Gasteiger partial charge in [-0.15, -0.1) is 0 Å². The number of hydrogen-bond acceptors (Lipinski definition) is 6. The van der Waals surface area contributed by atoms with Crippen LogP contribution in [0.5, 0.6) is 11.5 Å². The molecule has 0 aliphatic heterocycles. The zero-order valence-corrected chi connectivity index (χ0v) is 18.1. The number of aromatic nitrogens is 3. The molecule has 0 atom stereocenters. The van der Waals surface area contributed by atoms with Crippen LogP contribution >= 0.6 is 0 Å². The average Bonchev–Trinajstić information content (AvgIpc) is 3.21. The van der Waals surface area contributed by atoms with Gasteiger partial charge in [-0.2, -0.15) is 0 Å². The molecule has 1 amide bonds. The molecule has 4 aromatic rings. The van der Waals surface area contributed by atoms with E-state index in [0.29, 0.717) is 36.4 Å². The van der Waals surface area contributed by atoms with Crippen molar-refractivity contribution in [2.75, 3.05) is 31.0 Å². The van der Waals surface area contributed by atoms with Crippen molar-refractivity contribution in [2.45, 2.75) is 13.3 Å². The van der Waals surface area contributed by atoms with E-state index in [1.807, 2.05) is 67.7 Å². The maximum atomic E-state index is 12.7. The van der Waals surface area contributed by atoms with Crippen molar-refractivity contribution >= 4 is 22.8 Å². The summed E-state index contributed by atoms with van der Waals surface area (Å²) in [6.07, 6.45) is 3.62. The number of carbonyl (C=O) groups excluding carboxylic acids is 1. The SMILES string of the molecule is CCC(=O)N(CCOC)n1cc(-c2ccc(Oc3ccccc3)cc2)c2c(N)ncnc21. The van der Waals surface area contributed by atoms with Gasteiger partial charge in [-0.25, -0.2) is 19.7 Å². The van der Waals surface area contributed by atoms with Crippen LogP contribution in [-0.4, -0.2) is 40.8 Å². The van der Waals surface area contributed by atoms with E-state index >= 15 is 0 Å². The van der Waals surface area contributed by atoms with Gasteiger partial charge < -0.3 is 15.2 Å². The van der Waals surface area contributed by atoms with Crippen LogP contribution in [0.25, 0.3) is 22.2 Å². The van der Waals surface area contributed by atoms with Crippen LogP contribution in [0.3, 0.4) is 0 Å². The molecule has 4 rings (SSSR count). The van der Waals surface area contributed by atoms with Crippen LogP contribution in [0.15, 0.2) is 67.1 Å². The Hall–Kier alpha value is -3.91. The number of nitrogens with zero attached hydrogens (tertiary/aromatic N) is 4. The molecule has 2 aromatic carbocycles. The summed E-state index contributed by atoms with van der Waals surface area (Å²) in [5, 5.41) is 2.31. The largest absolute Gasteiger partial charge is 0.457 e. The Balaban J connectivity index is 1.75. The molecule has 0 saturated carbocycles. The zero-order chi connectivity index (χ0) is 22.5. The van der Waals surface area contributed by atoms with Crippen molar-refractivity contribution in [3.8, 4) is 22.6 Å². The molecular weight excluding hydrogens is 406 g/mol. The first-order valence-electron chi connectivity index (χ1n) is 10.4. The lowest BCUT2D eigenvalue weighted by Gasteiger charge is -2.23. The molecular formula is C24H25N5O3. The van der Waals surface area contributed by atoms with E-state index in [0.717, 1.165) is 22.6 Å². The van der Waals surface area contributed by atoms with E-state index in [-0.39, 0.29) is 5.91 Å². The lowest BCUT2D eigenvalue weighted by atomic mass is 10.1. The Labute approximate surface area is 186 Å². The summed E-state index contributed by atoms with van der Waals surface area (Å²) in [6.45, 7) is 2.61. The molecule has 0 aliphatic rings. The zero-order valence-electron chi connectivity index (χ0n) is 18.1. The third-order valence-corrected chi connectivity index (χ3v) is 5.10. The van der Waals surface area contributed by atoms with Gasteiger partial charge >= 0.3 is 0 Å². The van der Waals surface area contributed by atoms with Gasteiger partial charge in [0.05, 0.1) is 18.5 Å². The summed E-state index contributed by atoms with van der Waals surface area (Å²) in [4.78, 5) is 21.3. The molecule has 0 fully saturated rings. The molecule has 0 bridgehead atoms. The van der Waals surface area contributed by atoms with E-state index < -0.39 is 0 Å². The van der Waals surface area contributed by atoms with Crippen LogP contribution in [0.4, 0.5) is 5.82 Å². The molecule has 2 N–H and O–H groups in total. The highest BCUT2D eigenvalue weighted by molar-refractivity contribution is 6.02. The van der Waals surface area contributed by atoms with E-state index in [1.54, 1.807) is 16.8 Å². The lowest BCUT2D eigenvalue weighted by Crippen LogP contribution is -2.42. The number of amides is 1. The number of ether oxygens (including phenoxy) is 2. The smallest absolute Gasteiger partial charge is 0.241 e. The highest BCUT2D eigenvalue weighted by Crippen LogP contribution is 2.34. The summed E-state index contributed by atoms with van der Waals surface area (Å²) in [6, 6.07) is 17.3. The number of hydrogen-bond donors (Lipinski definition) is 1. The number of para-hydroxylation sites is 1. The highest BCUT2D eigenvalue weighted by atomic mass is 16.5. The van der Waals surface area contributed by atoms with Crippen molar-refractivity contribution in [1.82, 2.24) is 14.6 Å². The second-order valence-electron chi connectivity index (χ2n) is 7.15. The van der Waals surface area contributed by atoms with Gasteiger partial charge in [0.1, 0.15) is 23.6 Å². The molecule has 0 aliphatic carbocycles.